The summed E-state index contributed by atoms with van der Waals surface area (Å²) in [4.78, 5) is 31.4. The maximum Gasteiger partial charge on any atom is 0.342 e. The second-order valence-corrected chi connectivity index (χ2v) is 6.81. The first kappa shape index (κ1) is 19.7. The molecule has 3 rings (SSSR count). The molecule has 2 aliphatic heterocycles. The van der Waals surface area contributed by atoms with Crippen LogP contribution < -0.4 is 0 Å². The summed E-state index contributed by atoms with van der Waals surface area (Å²) in [5.74, 6) is -0.382. The minimum Gasteiger partial charge on any atom is -0.464 e. The van der Waals surface area contributed by atoms with E-state index >= 15 is 0 Å². The number of nitro groups is 1. The first-order valence-electron chi connectivity index (χ1n) is 9.09. The lowest BCUT2D eigenvalue weighted by atomic mass is 9.91. The molecular weight excluding hydrogens is 354 g/mol. The molecule has 27 heavy (non-hydrogen) atoms. The summed E-state index contributed by atoms with van der Waals surface area (Å²) in [6, 6.07) is 6.15. The van der Waals surface area contributed by atoms with Crippen LogP contribution >= 0.6 is 0 Å². The number of hydrogen-bond acceptors (Lipinski definition) is 8. The van der Waals surface area contributed by atoms with Crippen LogP contribution in [0.5, 0.6) is 0 Å². The average molecular weight is 379 g/mol. The summed E-state index contributed by atoms with van der Waals surface area (Å²) in [6.07, 6.45) is 0.414. The smallest absolute Gasteiger partial charge is 0.342 e. The van der Waals surface area contributed by atoms with Crippen molar-refractivity contribution in [3.8, 4) is 0 Å². The maximum atomic E-state index is 12.8. The third-order valence-electron chi connectivity index (χ3n) is 5.00. The van der Waals surface area contributed by atoms with Crippen LogP contribution in [0.25, 0.3) is 0 Å². The molecule has 0 aliphatic carbocycles. The number of nitro benzene ring substituents is 1. The number of carbonyl (C=O) groups excluding carboxylic acids is 1. The van der Waals surface area contributed by atoms with Crippen molar-refractivity contribution in [2.24, 2.45) is 0 Å². The zero-order valence-electron chi connectivity index (χ0n) is 15.6. The number of benzene rings is 1. The molecule has 0 spiro atoms. The predicted octanol–water partition coefficient (Wildman–Crippen LogP) is 1.54. The van der Waals surface area contributed by atoms with E-state index < -0.39 is 10.5 Å². The van der Waals surface area contributed by atoms with Crippen molar-refractivity contribution < 1.29 is 24.0 Å². The quantitative estimate of drug-likeness (QED) is 0.417. The largest absolute Gasteiger partial charge is 0.464 e. The van der Waals surface area contributed by atoms with Crippen molar-refractivity contribution in [2.75, 3.05) is 46.5 Å². The molecule has 1 aromatic rings. The highest BCUT2D eigenvalue weighted by Crippen LogP contribution is 2.41. The number of ether oxygens (including phenoxy) is 2. The minimum absolute atomic E-state index is 0.0327. The normalized spacial score (nSPS) is 26.8. The van der Waals surface area contributed by atoms with Gasteiger partial charge < -0.3 is 9.47 Å². The van der Waals surface area contributed by atoms with Crippen LogP contribution in [0.15, 0.2) is 24.3 Å². The average Bonchev–Trinajstić information content (AvgIpc) is 3.00. The fraction of sp³-hybridized carbons (Fsp3) is 0.611. The van der Waals surface area contributed by atoms with Gasteiger partial charge in [-0.05, 0) is 12.5 Å². The lowest BCUT2D eigenvalue weighted by Crippen LogP contribution is -2.52. The summed E-state index contributed by atoms with van der Waals surface area (Å²) in [6.45, 7) is 5.18. The molecule has 1 aromatic carbocycles. The standard InChI is InChI=1S/C18H25N3O6/c1-3-26-17(22)18(13-20-8-10-25-11-9-20)12-16(19(2)27-18)14-4-6-15(7-5-14)21(23)24/h4-7,16H,3,8-13H2,1-2H3. The van der Waals surface area contributed by atoms with E-state index in [9.17, 15) is 14.9 Å². The van der Waals surface area contributed by atoms with Crippen LogP contribution in [0.4, 0.5) is 5.69 Å². The molecule has 2 saturated heterocycles. The van der Waals surface area contributed by atoms with Crippen LogP contribution in [0, 0.1) is 10.1 Å². The van der Waals surface area contributed by atoms with Crippen LogP contribution in [0.3, 0.4) is 0 Å². The van der Waals surface area contributed by atoms with Gasteiger partial charge in [0.25, 0.3) is 5.69 Å². The highest BCUT2D eigenvalue weighted by molar-refractivity contribution is 5.80. The summed E-state index contributed by atoms with van der Waals surface area (Å²) >= 11 is 0. The summed E-state index contributed by atoms with van der Waals surface area (Å²) in [5.41, 5.74) is -0.212. The van der Waals surface area contributed by atoms with Gasteiger partial charge in [0.15, 0.2) is 0 Å². The molecule has 0 N–H and O–H groups in total. The van der Waals surface area contributed by atoms with Crippen molar-refractivity contribution in [2.45, 2.75) is 25.0 Å². The molecular formula is C18H25N3O6. The summed E-state index contributed by atoms with van der Waals surface area (Å²) in [5, 5.41) is 12.5. The maximum absolute atomic E-state index is 12.8. The van der Waals surface area contributed by atoms with Gasteiger partial charge in [0.2, 0.25) is 5.60 Å². The minimum atomic E-state index is -1.10. The van der Waals surface area contributed by atoms with Gasteiger partial charge in [-0.3, -0.25) is 19.9 Å². The second kappa shape index (κ2) is 8.30. The van der Waals surface area contributed by atoms with Crippen LogP contribution in [-0.2, 0) is 19.1 Å². The molecule has 2 aliphatic rings. The molecule has 2 heterocycles. The Balaban J connectivity index is 1.82. The molecule has 2 unspecified atom stereocenters. The van der Waals surface area contributed by atoms with Gasteiger partial charge in [-0.2, -0.15) is 5.06 Å². The topological polar surface area (TPSA) is 94.4 Å². The van der Waals surface area contributed by atoms with E-state index in [-0.39, 0.29) is 24.3 Å². The number of esters is 1. The van der Waals surface area contributed by atoms with Crippen LogP contribution in [0.2, 0.25) is 0 Å². The van der Waals surface area contributed by atoms with Gasteiger partial charge in [-0.25, -0.2) is 4.79 Å². The van der Waals surface area contributed by atoms with Gasteiger partial charge in [0.1, 0.15) is 0 Å². The van der Waals surface area contributed by atoms with E-state index in [2.05, 4.69) is 4.90 Å². The Morgan fingerprint density at radius 3 is 2.59 bits per heavy atom. The first-order valence-corrected chi connectivity index (χ1v) is 9.09. The Morgan fingerprint density at radius 2 is 2.00 bits per heavy atom. The van der Waals surface area contributed by atoms with Gasteiger partial charge >= 0.3 is 5.97 Å². The number of nitrogens with zero attached hydrogens (tertiary/aromatic N) is 3. The molecule has 9 nitrogen and oxygen atoms in total. The molecule has 0 radical (unpaired) electrons. The number of non-ortho nitro benzene ring substituents is 1. The predicted molar refractivity (Wildman–Crippen MR) is 95.9 cm³/mol. The van der Waals surface area contributed by atoms with E-state index in [1.165, 1.54) is 12.1 Å². The van der Waals surface area contributed by atoms with Gasteiger partial charge in [-0.15, -0.1) is 0 Å². The molecule has 148 valence electrons. The SMILES string of the molecule is CCOC(=O)C1(CN2CCOCC2)CC(c2ccc([N+](=O)[O-])cc2)N(C)O1. The van der Waals surface area contributed by atoms with Crippen molar-refractivity contribution in [3.05, 3.63) is 39.9 Å². The first-order chi connectivity index (χ1) is 12.9. The monoisotopic (exact) mass is 379 g/mol. The van der Waals surface area contributed by atoms with E-state index in [0.29, 0.717) is 26.2 Å². The van der Waals surface area contributed by atoms with E-state index in [1.54, 1.807) is 31.2 Å². The summed E-state index contributed by atoms with van der Waals surface area (Å²) in [7, 11) is 1.77. The van der Waals surface area contributed by atoms with Gasteiger partial charge in [0, 0.05) is 45.2 Å². The Kier molecular flexibility index (Phi) is 6.05. The number of morpholine rings is 1. The zero-order chi connectivity index (χ0) is 19.4. The number of rotatable bonds is 6. The molecule has 2 atom stereocenters. The molecule has 2 fully saturated rings. The Morgan fingerprint density at radius 1 is 1.33 bits per heavy atom. The Bertz CT molecular complexity index is 676. The third-order valence-corrected chi connectivity index (χ3v) is 5.00. The fourth-order valence-corrected chi connectivity index (χ4v) is 3.63. The third kappa shape index (κ3) is 4.27. The van der Waals surface area contributed by atoms with Crippen LogP contribution in [0.1, 0.15) is 24.9 Å². The zero-order valence-corrected chi connectivity index (χ0v) is 15.6. The van der Waals surface area contributed by atoms with E-state index in [4.69, 9.17) is 14.3 Å². The van der Waals surface area contributed by atoms with E-state index in [0.717, 1.165) is 18.7 Å². The van der Waals surface area contributed by atoms with E-state index in [1.807, 2.05) is 0 Å². The van der Waals surface area contributed by atoms with Crippen molar-refractivity contribution in [1.82, 2.24) is 9.96 Å². The molecule has 0 amide bonds. The molecule has 9 heteroatoms. The Labute approximate surface area is 157 Å². The van der Waals surface area contributed by atoms with Gasteiger partial charge in [0.05, 0.1) is 30.8 Å². The van der Waals surface area contributed by atoms with Crippen molar-refractivity contribution in [3.63, 3.8) is 0 Å². The Hall–Kier alpha value is -2.07. The van der Waals surface area contributed by atoms with Gasteiger partial charge in [-0.1, -0.05) is 12.1 Å². The lowest BCUT2D eigenvalue weighted by molar-refractivity contribution is -0.384. The highest BCUT2D eigenvalue weighted by Gasteiger charge is 2.52. The lowest BCUT2D eigenvalue weighted by Gasteiger charge is -2.34. The molecule has 0 saturated carbocycles. The molecule has 0 aromatic heterocycles. The van der Waals surface area contributed by atoms with Crippen molar-refractivity contribution in [1.29, 1.82) is 0 Å². The number of hydrogen-bond donors (Lipinski definition) is 0. The number of hydroxylamine groups is 2. The molecule has 0 bridgehead atoms. The summed E-state index contributed by atoms with van der Waals surface area (Å²) < 4.78 is 10.7. The second-order valence-electron chi connectivity index (χ2n) is 6.81. The van der Waals surface area contributed by atoms with Crippen LogP contribution in [-0.4, -0.2) is 73.0 Å². The fourth-order valence-electron chi connectivity index (χ4n) is 3.63. The highest BCUT2D eigenvalue weighted by atomic mass is 16.7. The van der Waals surface area contributed by atoms with Crippen molar-refractivity contribution >= 4 is 11.7 Å². The number of carbonyl (C=O) groups is 1.